The van der Waals surface area contributed by atoms with Crippen molar-refractivity contribution in [2.24, 2.45) is 5.84 Å². The van der Waals surface area contributed by atoms with Crippen LogP contribution in [0.4, 0.5) is 5.69 Å². The van der Waals surface area contributed by atoms with Crippen LogP contribution in [0.2, 0.25) is 0 Å². The van der Waals surface area contributed by atoms with E-state index < -0.39 is 0 Å². The molecule has 0 radical (unpaired) electrons. The number of anilines is 1. The lowest BCUT2D eigenvalue weighted by Crippen LogP contribution is -2.05. The lowest BCUT2D eigenvalue weighted by Gasteiger charge is -2.05. The van der Waals surface area contributed by atoms with Gasteiger partial charge in [-0.25, -0.2) is 0 Å². The van der Waals surface area contributed by atoms with Gasteiger partial charge in [-0.2, -0.15) is 0 Å². The van der Waals surface area contributed by atoms with E-state index in [-0.39, 0.29) is 12.6 Å². The number of carbonyl (C=O) groups is 1. The molecule has 0 amide bonds. The number of benzene rings is 2. The van der Waals surface area contributed by atoms with Gasteiger partial charge in [0.05, 0.1) is 0 Å². The molecule has 1 aliphatic heterocycles. The molecule has 0 aromatic heterocycles. The van der Waals surface area contributed by atoms with E-state index in [2.05, 4.69) is 5.43 Å². The number of hydrazine groups is 1. The molecule has 0 fully saturated rings. The molecule has 5 nitrogen and oxygen atoms in total. The Kier molecular flexibility index (Phi) is 4.40. The Morgan fingerprint density at radius 1 is 1.00 bits per heavy atom. The summed E-state index contributed by atoms with van der Waals surface area (Å²) in [4.78, 5) is 11.1. The number of ether oxygens (including phenoxy) is 2. The van der Waals surface area contributed by atoms with E-state index in [1.807, 2.05) is 54.6 Å². The molecular formula is C18H16N2O3. The second-order valence-corrected chi connectivity index (χ2v) is 4.92. The SMILES string of the molecule is NNc1ccccc1.O=C1C=CC1=Cc1ccc2c(c1)OCO2. The van der Waals surface area contributed by atoms with E-state index in [0.717, 1.165) is 28.3 Å². The Morgan fingerprint density at radius 2 is 1.78 bits per heavy atom. The van der Waals surface area contributed by atoms with Crippen molar-refractivity contribution in [2.45, 2.75) is 0 Å². The minimum atomic E-state index is 0.0765. The quantitative estimate of drug-likeness (QED) is 0.507. The maximum atomic E-state index is 11.1. The molecular weight excluding hydrogens is 292 g/mol. The van der Waals surface area contributed by atoms with E-state index in [9.17, 15) is 4.79 Å². The highest BCUT2D eigenvalue weighted by atomic mass is 16.7. The van der Waals surface area contributed by atoms with Gasteiger partial charge in [0.2, 0.25) is 6.79 Å². The molecule has 0 saturated carbocycles. The number of hydrogen-bond acceptors (Lipinski definition) is 5. The number of hydrogen-bond donors (Lipinski definition) is 2. The highest BCUT2D eigenvalue weighted by molar-refractivity contribution is 6.16. The first-order valence-electron chi connectivity index (χ1n) is 7.12. The van der Waals surface area contributed by atoms with Crippen LogP contribution in [0.15, 0.2) is 66.3 Å². The summed E-state index contributed by atoms with van der Waals surface area (Å²) in [5, 5.41) is 0. The topological polar surface area (TPSA) is 73.6 Å². The number of para-hydroxylation sites is 1. The zero-order valence-electron chi connectivity index (χ0n) is 12.4. The fourth-order valence-corrected chi connectivity index (χ4v) is 2.08. The number of ketones is 1. The van der Waals surface area contributed by atoms with Crippen molar-refractivity contribution in [3.8, 4) is 11.5 Å². The van der Waals surface area contributed by atoms with Crippen LogP contribution < -0.4 is 20.7 Å². The number of allylic oxidation sites excluding steroid dienone is 3. The summed E-state index contributed by atoms with van der Waals surface area (Å²) in [6.45, 7) is 0.272. The number of nitrogen functional groups attached to an aromatic ring is 1. The van der Waals surface area contributed by atoms with Gasteiger partial charge in [-0.3, -0.25) is 10.6 Å². The van der Waals surface area contributed by atoms with Crippen LogP contribution in [0.25, 0.3) is 6.08 Å². The Bertz CT molecular complexity index is 767. The Hall–Kier alpha value is -3.05. The molecule has 23 heavy (non-hydrogen) atoms. The van der Waals surface area contributed by atoms with Gasteiger partial charge in [0.1, 0.15) is 0 Å². The molecule has 4 rings (SSSR count). The Morgan fingerprint density at radius 3 is 2.39 bits per heavy atom. The molecule has 1 heterocycles. The highest BCUT2D eigenvalue weighted by Crippen LogP contribution is 2.33. The predicted molar refractivity (Wildman–Crippen MR) is 88.9 cm³/mol. The van der Waals surface area contributed by atoms with Crippen LogP contribution in [0, 0.1) is 0 Å². The van der Waals surface area contributed by atoms with E-state index in [1.165, 1.54) is 0 Å². The largest absolute Gasteiger partial charge is 0.454 e. The minimum absolute atomic E-state index is 0.0765. The third-order valence-corrected chi connectivity index (χ3v) is 3.36. The van der Waals surface area contributed by atoms with Gasteiger partial charge in [-0.1, -0.05) is 24.3 Å². The lowest BCUT2D eigenvalue weighted by molar-refractivity contribution is -0.111. The smallest absolute Gasteiger partial charge is 0.231 e. The van der Waals surface area contributed by atoms with Crippen LogP contribution in [0.5, 0.6) is 11.5 Å². The number of fused-ring (bicyclic) bond motifs is 1. The molecule has 0 atom stereocenters. The molecule has 2 aliphatic rings. The van der Waals surface area contributed by atoms with Crippen LogP contribution in [0.1, 0.15) is 5.56 Å². The van der Waals surface area contributed by atoms with E-state index in [4.69, 9.17) is 15.3 Å². The third-order valence-electron chi connectivity index (χ3n) is 3.36. The van der Waals surface area contributed by atoms with E-state index in [1.54, 1.807) is 12.2 Å². The number of nitrogens with one attached hydrogen (secondary N) is 1. The fraction of sp³-hybridized carbons (Fsp3) is 0.0556. The fourth-order valence-electron chi connectivity index (χ4n) is 2.08. The molecule has 0 unspecified atom stereocenters. The number of rotatable bonds is 2. The summed E-state index contributed by atoms with van der Waals surface area (Å²) in [5.74, 6) is 6.67. The van der Waals surface area contributed by atoms with Gasteiger partial charge >= 0.3 is 0 Å². The molecule has 2 aromatic rings. The Labute approximate surface area is 134 Å². The molecule has 5 heteroatoms. The van der Waals surface area contributed by atoms with Gasteiger partial charge in [0.15, 0.2) is 17.3 Å². The Balaban J connectivity index is 0.000000166. The van der Waals surface area contributed by atoms with Crippen LogP contribution in [-0.4, -0.2) is 12.6 Å². The van der Waals surface area contributed by atoms with Crippen molar-refractivity contribution in [3.05, 3.63) is 71.8 Å². The second kappa shape index (κ2) is 6.81. The first-order valence-corrected chi connectivity index (χ1v) is 7.12. The zero-order valence-corrected chi connectivity index (χ0v) is 12.4. The average molecular weight is 308 g/mol. The summed E-state index contributed by atoms with van der Waals surface area (Å²) in [6.07, 6.45) is 5.19. The van der Waals surface area contributed by atoms with Gasteiger partial charge < -0.3 is 14.9 Å². The van der Waals surface area contributed by atoms with Crippen molar-refractivity contribution < 1.29 is 14.3 Å². The van der Waals surface area contributed by atoms with Crippen molar-refractivity contribution >= 4 is 17.5 Å². The van der Waals surface area contributed by atoms with Crippen molar-refractivity contribution in [3.63, 3.8) is 0 Å². The maximum Gasteiger partial charge on any atom is 0.231 e. The molecule has 116 valence electrons. The van der Waals surface area contributed by atoms with Crippen LogP contribution >= 0.6 is 0 Å². The van der Waals surface area contributed by atoms with E-state index >= 15 is 0 Å². The lowest BCUT2D eigenvalue weighted by atomic mass is 9.98. The van der Waals surface area contributed by atoms with Crippen LogP contribution in [-0.2, 0) is 4.79 Å². The summed E-state index contributed by atoms with van der Waals surface area (Å²) in [6, 6.07) is 15.2. The molecule has 0 bridgehead atoms. The molecule has 2 aromatic carbocycles. The highest BCUT2D eigenvalue weighted by Gasteiger charge is 2.14. The summed E-state index contributed by atoms with van der Waals surface area (Å²) >= 11 is 0. The average Bonchev–Trinajstić information content (AvgIpc) is 3.07. The summed E-state index contributed by atoms with van der Waals surface area (Å²) in [7, 11) is 0. The van der Waals surface area contributed by atoms with Crippen molar-refractivity contribution in [1.29, 1.82) is 0 Å². The minimum Gasteiger partial charge on any atom is -0.454 e. The number of nitrogens with two attached hydrogens (primary N) is 1. The predicted octanol–water partition coefficient (Wildman–Crippen LogP) is 2.91. The van der Waals surface area contributed by atoms with Crippen LogP contribution in [0.3, 0.4) is 0 Å². The van der Waals surface area contributed by atoms with Gasteiger partial charge in [0.25, 0.3) is 0 Å². The molecule has 3 N–H and O–H groups in total. The summed E-state index contributed by atoms with van der Waals surface area (Å²) < 4.78 is 10.4. The maximum absolute atomic E-state index is 11.1. The number of carbonyl (C=O) groups excluding carboxylic acids is 1. The van der Waals surface area contributed by atoms with E-state index in [0.29, 0.717) is 0 Å². The normalized spacial score (nSPS) is 15.7. The van der Waals surface area contributed by atoms with Crippen molar-refractivity contribution in [1.82, 2.24) is 0 Å². The standard InChI is InChI=1S/C12H8O3.C6H8N2/c13-10-3-2-9(10)5-8-1-4-11-12(6-8)15-7-14-11;7-8-6-4-2-1-3-5-6/h1-6H,7H2;1-5,8H,7H2. The zero-order chi connectivity index (χ0) is 16.1. The molecule has 1 aliphatic carbocycles. The van der Waals surface area contributed by atoms with Crippen molar-refractivity contribution in [2.75, 3.05) is 12.2 Å². The second-order valence-electron chi connectivity index (χ2n) is 4.92. The third kappa shape index (κ3) is 3.59. The monoisotopic (exact) mass is 308 g/mol. The van der Waals surface area contributed by atoms with Gasteiger partial charge in [0, 0.05) is 11.3 Å². The molecule has 0 saturated heterocycles. The first-order chi connectivity index (χ1) is 11.3. The van der Waals surface area contributed by atoms with Gasteiger partial charge in [-0.15, -0.1) is 0 Å². The van der Waals surface area contributed by atoms with Gasteiger partial charge in [-0.05, 0) is 48.1 Å². The summed E-state index contributed by atoms with van der Waals surface area (Å²) in [5.41, 5.74) is 5.15. The first kappa shape index (κ1) is 14.9. The molecule has 0 spiro atoms.